The largest absolute Gasteiger partial charge is 0.344 e. The van der Waals surface area contributed by atoms with Gasteiger partial charge in [-0.05, 0) is 49.1 Å². The first-order valence-electron chi connectivity index (χ1n) is 11.8. The molecular weight excluding hydrogens is 408 g/mol. The number of para-hydroxylation sites is 1. The summed E-state index contributed by atoms with van der Waals surface area (Å²) in [7, 11) is 0. The van der Waals surface area contributed by atoms with Crippen molar-refractivity contribution in [2.75, 3.05) is 18.0 Å². The van der Waals surface area contributed by atoms with Crippen LogP contribution in [-0.2, 0) is 5.41 Å². The molecule has 0 amide bonds. The number of anilines is 1. The molecule has 1 atom stereocenters. The molecule has 1 saturated carbocycles. The maximum Gasteiger partial charge on any atom is 0.238 e. The van der Waals surface area contributed by atoms with Crippen LogP contribution in [0.1, 0.15) is 78.7 Å². The minimum atomic E-state index is -0.0315. The molecule has 0 saturated heterocycles. The van der Waals surface area contributed by atoms with Crippen LogP contribution in [0.4, 0.5) is 5.69 Å². The van der Waals surface area contributed by atoms with E-state index in [1.165, 1.54) is 60.5 Å². The number of alkyl halides is 1. The van der Waals surface area contributed by atoms with Crippen molar-refractivity contribution in [1.82, 2.24) is 0 Å². The van der Waals surface area contributed by atoms with Crippen molar-refractivity contribution in [2.45, 2.75) is 88.8 Å². The summed E-state index contributed by atoms with van der Waals surface area (Å²) in [6.45, 7) is 13.6. The molecule has 1 aliphatic carbocycles. The molecule has 2 aliphatic heterocycles. The zero-order valence-electron chi connectivity index (χ0n) is 19.4. The Bertz CT molecular complexity index is 848. The Morgan fingerprint density at radius 2 is 1.87 bits per heavy atom. The van der Waals surface area contributed by atoms with Gasteiger partial charge in [-0.3, -0.25) is 0 Å². The van der Waals surface area contributed by atoms with Gasteiger partial charge >= 0.3 is 0 Å². The van der Waals surface area contributed by atoms with Crippen LogP contribution in [0.5, 0.6) is 0 Å². The van der Waals surface area contributed by atoms with Gasteiger partial charge < -0.3 is 4.90 Å². The number of fused-ring (bicyclic) bond motifs is 1. The number of benzene rings is 1. The summed E-state index contributed by atoms with van der Waals surface area (Å²) < 4.78 is 2.56. The van der Waals surface area contributed by atoms with Gasteiger partial charge in [0, 0.05) is 43.3 Å². The van der Waals surface area contributed by atoms with Crippen molar-refractivity contribution >= 4 is 34.1 Å². The zero-order valence-corrected chi connectivity index (χ0v) is 21.0. The molecule has 1 unspecified atom stereocenters. The summed E-state index contributed by atoms with van der Waals surface area (Å²) in [5.41, 5.74) is 4.25. The molecule has 2 heterocycles. The summed E-state index contributed by atoms with van der Waals surface area (Å²) in [4.78, 5) is 2.61. The van der Waals surface area contributed by atoms with Gasteiger partial charge in [0.15, 0.2) is 10.2 Å². The van der Waals surface area contributed by atoms with Crippen molar-refractivity contribution in [3.05, 3.63) is 41.6 Å². The number of rotatable bonds is 6. The average Bonchev–Trinajstić information content (AvgIpc) is 3.35. The van der Waals surface area contributed by atoms with E-state index in [-0.39, 0.29) is 15.7 Å². The van der Waals surface area contributed by atoms with Crippen molar-refractivity contribution in [1.29, 1.82) is 0 Å². The highest BCUT2D eigenvalue weighted by molar-refractivity contribution is 8.15. The number of halogens is 1. The molecule has 0 N–H and O–H groups in total. The highest BCUT2D eigenvalue weighted by Gasteiger charge is 2.49. The van der Waals surface area contributed by atoms with E-state index in [1.807, 2.05) is 11.8 Å². The number of hydrogen-bond acceptors (Lipinski definition) is 2. The summed E-state index contributed by atoms with van der Waals surface area (Å²) in [5.74, 6) is 0.955. The highest BCUT2D eigenvalue weighted by atomic mass is 35.5. The first-order chi connectivity index (χ1) is 14.3. The van der Waals surface area contributed by atoms with E-state index < -0.39 is 0 Å². The van der Waals surface area contributed by atoms with E-state index in [0.717, 1.165) is 19.0 Å². The van der Waals surface area contributed by atoms with Gasteiger partial charge in [-0.15, -0.1) is 11.6 Å². The second-order valence-electron chi connectivity index (χ2n) is 10.3. The molecular formula is C26H38ClN2S+. The quantitative estimate of drug-likeness (QED) is 0.338. The SMILES string of the molecule is CC[N+]1=C(/C=C2/N(CCCC3CCCC3)c3ccccc3C2(C)C)SC(Cl)C1(C)C. The van der Waals surface area contributed by atoms with Crippen molar-refractivity contribution in [3.63, 3.8) is 0 Å². The molecule has 1 aromatic rings. The van der Waals surface area contributed by atoms with Crippen LogP contribution < -0.4 is 4.90 Å². The summed E-state index contributed by atoms with van der Waals surface area (Å²) >= 11 is 8.59. The van der Waals surface area contributed by atoms with E-state index >= 15 is 0 Å². The van der Waals surface area contributed by atoms with Crippen LogP contribution in [0.2, 0.25) is 0 Å². The molecule has 1 aromatic carbocycles. The zero-order chi connectivity index (χ0) is 21.5. The fourth-order valence-corrected chi connectivity index (χ4v) is 7.38. The van der Waals surface area contributed by atoms with Gasteiger partial charge in [0.05, 0.1) is 0 Å². The first-order valence-corrected chi connectivity index (χ1v) is 13.1. The second-order valence-corrected chi connectivity index (χ2v) is 12.1. The molecule has 164 valence electrons. The van der Waals surface area contributed by atoms with Gasteiger partial charge in [0.1, 0.15) is 6.54 Å². The summed E-state index contributed by atoms with van der Waals surface area (Å²) in [6, 6.07) is 9.01. The molecule has 0 bridgehead atoms. The molecule has 0 radical (unpaired) electrons. The standard InChI is InChI=1S/C26H38ClN2S/c1-6-29-23(30-24(27)26(29,4)5)18-22-25(2,3)20-15-9-10-16-21(20)28(22)17-11-14-19-12-7-8-13-19/h9-10,15-16,18-19,24H,6-8,11-14,17H2,1-5H3/q+1. The van der Waals surface area contributed by atoms with Crippen LogP contribution in [0, 0.1) is 5.92 Å². The Hall–Kier alpha value is -0.930. The van der Waals surface area contributed by atoms with Gasteiger partial charge in [-0.1, -0.05) is 57.7 Å². The molecule has 4 rings (SSSR count). The van der Waals surface area contributed by atoms with Crippen LogP contribution >= 0.6 is 23.4 Å². The van der Waals surface area contributed by atoms with Crippen molar-refractivity contribution < 1.29 is 4.58 Å². The number of hydrogen-bond donors (Lipinski definition) is 0. The highest BCUT2D eigenvalue weighted by Crippen LogP contribution is 2.49. The Labute approximate surface area is 192 Å². The minimum Gasteiger partial charge on any atom is -0.344 e. The van der Waals surface area contributed by atoms with E-state index in [1.54, 1.807) is 0 Å². The Balaban J connectivity index is 1.67. The Morgan fingerprint density at radius 3 is 2.57 bits per heavy atom. The molecule has 4 heteroatoms. The first kappa shape index (κ1) is 22.3. The topological polar surface area (TPSA) is 6.25 Å². The van der Waals surface area contributed by atoms with Crippen LogP contribution in [0.3, 0.4) is 0 Å². The predicted octanol–water partition coefficient (Wildman–Crippen LogP) is 7.16. The minimum absolute atomic E-state index is 0.00542. The lowest BCUT2D eigenvalue weighted by Gasteiger charge is -2.27. The lowest BCUT2D eigenvalue weighted by Crippen LogP contribution is -2.39. The maximum absolute atomic E-state index is 6.77. The monoisotopic (exact) mass is 445 g/mol. The third-order valence-corrected chi connectivity index (χ3v) is 9.75. The second kappa shape index (κ2) is 8.54. The van der Waals surface area contributed by atoms with E-state index in [9.17, 15) is 0 Å². The van der Waals surface area contributed by atoms with Gasteiger partial charge in [-0.2, -0.15) is 0 Å². The van der Waals surface area contributed by atoms with Crippen LogP contribution in [-0.4, -0.2) is 33.0 Å². The number of thioether (sulfide) groups is 1. The molecule has 2 nitrogen and oxygen atoms in total. The van der Waals surface area contributed by atoms with Crippen molar-refractivity contribution in [2.24, 2.45) is 5.92 Å². The molecule has 3 aliphatic rings. The lowest BCUT2D eigenvalue weighted by atomic mass is 9.84. The summed E-state index contributed by atoms with van der Waals surface area (Å²) in [5, 5.41) is 1.32. The molecule has 30 heavy (non-hydrogen) atoms. The summed E-state index contributed by atoms with van der Waals surface area (Å²) in [6.07, 6.45) is 10.9. The lowest BCUT2D eigenvalue weighted by molar-refractivity contribution is -0.588. The van der Waals surface area contributed by atoms with Gasteiger partial charge in [0.25, 0.3) is 0 Å². The van der Waals surface area contributed by atoms with Gasteiger partial charge in [-0.25, -0.2) is 4.58 Å². The molecule has 0 spiro atoms. The fraction of sp³-hybridized carbons (Fsp3) is 0.654. The normalized spacial score (nSPS) is 26.8. The average molecular weight is 446 g/mol. The maximum atomic E-state index is 6.77. The molecule has 0 aromatic heterocycles. The Morgan fingerprint density at radius 1 is 1.17 bits per heavy atom. The molecule has 1 fully saturated rings. The number of allylic oxidation sites excluding steroid dienone is 1. The number of nitrogens with zero attached hydrogens (tertiary/aromatic N) is 2. The van der Waals surface area contributed by atoms with E-state index in [2.05, 4.69) is 74.4 Å². The smallest absolute Gasteiger partial charge is 0.238 e. The predicted molar refractivity (Wildman–Crippen MR) is 133 cm³/mol. The fourth-order valence-electron chi connectivity index (χ4n) is 5.69. The van der Waals surface area contributed by atoms with Crippen LogP contribution in [0.25, 0.3) is 0 Å². The third-order valence-electron chi connectivity index (χ3n) is 7.59. The third kappa shape index (κ3) is 3.86. The van der Waals surface area contributed by atoms with E-state index in [4.69, 9.17) is 11.6 Å². The van der Waals surface area contributed by atoms with E-state index in [0.29, 0.717) is 0 Å². The Kier molecular flexibility index (Phi) is 6.34. The van der Waals surface area contributed by atoms with Crippen LogP contribution in [0.15, 0.2) is 36.0 Å². The van der Waals surface area contributed by atoms with Crippen molar-refractivity contribution in [3.8, 4) is 0 Å². The van der Waals surface area contributed by atoms with Gasteiger partial charge in [0.2, 0.25) is 5.04 Å².